The highest BCUT2D eigenvalue weighted by atomic mass is 35.5. The lowest BCUT2D eigenvalue weighted by Crippen LogP contribution is -2.19. The van der Waals surface area contributed by atoms with Gasteiger partial charge in [-0.15, -0.1) is 10.2 Å². The Kier molecular flexibility index (Phi) is 5.26. The molecule has 0 radical (unpaired) electrons. The fraction of sp³-hybridized carbons (Fsp3) is 0.105. The van der Waals surface area contributed by atoms with Crippen LogP contribution in [0.4, 0.5) is 11.6 Å². The summed E-state index contributed by atoms with van der Waals surface area (Å²) in [5.41, 5.74) is 1.58. The molecule has 0 saturated carbocycles. The lowest BCUT2D eigenvalue weighted by molar-refractivity contribution is 0.102. The molecule has 1 heterocycles. The number of halogens is 1. The quantitative estimate of drug-likeness (QED) is 0.753. The van der Waals surface area contributed by atoms with Gasteiger partial charge in [0.2, 0.25) is 0 Å². The van der Waals surface area contributed by atoms with Crippen molar-refractivity contribution in [3.05, 3.63) is 82.9 Å². The van der Waals surface area contributed by atoms with Crippen molar-refractivity contribution < 1.29 is 4.79 Å². The number of aromatic nitrogens is 2. The van der Waals surface area contributed by atoms with Gasteiger partial charge in [0.05, 0.1) is 10.6 Å². The lowest BCUT2D eigenvalue weighted by Gasteiger charge is -2.17. The second kappa shape index (κ2) is 7.77. The molecule has 1 N–H and O–H groups in total. The fourth-order valence-electron chi connectivity index (χ4n) is 2.36. The van der Waals surface area contributed by atoms with E-state index in [-0.39, 0.29) is 5.91 Å². The van der Waals surface area contributed by atoms with Crippen molar-refractivity contribution in [2.75, 3.05) is 17.3 Å². The monoisotopic (exact) mass is 352 g/mol. The summed E-state index contributed by atoms with van der Waals surface area (Å²) in [7, 11) is 1.94. The molecule has 2 aromatic carbocycles. The van der Waals surface area contributed by atoms with E-state index in [0.717, 1.165) is 12.4 Å². The van der Waals surface area contributed by atoms with Crippen molar-refractivity contribution in [3.8, 4) is 0 Å². The van der Waals surface area contributed by atoms with E-state index in [1.54, 1.807) is 30.3 Å². The van der Waals surface area contributed by atoms with E-state index in [4.69, 9.17) is 11.6 Å². The normalized spacial score (nSPS) is 10.3. The van der Waals surface area contributed by atoms with Crippen LogP contribution in [0.5, 0.6) is 0 Å². The van der Waals surface area contributed by atoms with Gasteiger partial charge in [0.25, 0.3) is 5.91 Å². The summed E-state index contributed by atoms with van der Waals surface area (Å²) in [4.78, 5) is 14.2. The van der Waals surface area contributed by atoms with Crippen molar-refractivity contribution in [2.24, 2.45) is 0 Å². The third-order valence-electron chi connectivity index (χ3n) is 3.66. The summed E-state index contributed by atoms with van der Waals surface area (Å²) in [6.45, 7) is 0.723. The highest BCUT2D eigenvalue weighted by molar-refractivity contribution is 6.34. The first kappa shape index (κ1) is 16.9. The molecule has 6 heteroatoms. The van der Waals surface area contributed by atoms with E-state index in [9.17, 15) is 4.79 Å². The van der Waals surface area contributed by atoms with Gasteiger partial charge < -0.3 is 10.2 Å². The molecule has 1 aromatic heterocycles. The SMILES string of the molecule is CN(Cc1ccccc1)c1ccc(NC(=O)c2ccccc2Cl)nn1. The molecular weight excluding hydrogens is 336 g/mol. The number of rotatable bonds is 5. The van der Waals surface area contributed by atoms with E-state index in [0.29, 0.717) is 16.4 Å². The average molecular weight is 353 g/mol. The van der Waals surface area contributed by atoms with Gasteiger partial charge in [0.1, 0.15) is 0 Å². The minimum Gasteiger partial charge on any atom is -0.354 e. The Morgan fingerprint density at radius 2 is 1.72 bits per heavy atom. The van der Waals surface area contributed by atoms with Crippen molar-refractivity contribution in [1.82, 2.24) is 10.2 Å². The Morgan fingerprint density at radius 1 is 1.00 bits per heavy atom. The third kappa shape index (κ3) is 4.33. The maximum atomic E-state index is 12.2. The predicted molar refractivity (Wildman–Crippen MR) is 100.0 cm³/mol. The van der Waals surface area contributed by atoms with Gasteiger partial charge in [-0.2, -0.15) is 0 Å². The van der Waals surface area contributed by atoms with Crippen molar-refractivity contribution in [1.29, 1.82) is 0 Å². The zero-order valence-electron chi connectivity index (χ0n) is 13.7. The molecule has 0 aliphatic heterocycles. The van der Waals surface area contributed by atoms with Gasteiger partial charge in [-0.1, -0.05) is 54.1 Å². The standard InChI is InChI=1S/C19H17ClN4O/c1-24(13-14-7-3-2-4-8-14)18-12-11-17(22-23-18)21-19(25)15-9-5-6-10-16(15)20/h2-12H,13H2,1H3,(H,21,22,25). The van der Waals surface area contributed by atoms with Crippen molar-refractivity contribution in [2.45, 2.75) is 6.54 Å². The van der Waals surface area contributed by atoms with Crippen LogP contribution < -0.4 is 10.2 Å². The number of anilines is 2. The Balaban J connectivity index is 1.66. The van der Waals surface area contributed by atoms with E-state index < -0.39 is 0 Å². The molecule has 25 heavy (non-hydrogen) atoms. The molecule has 0 saturated heterocycles. The van der Waals surface area contributed by atoms with Crippen LogP contribution in [0, 0.1) is 0 Å². The van der Waals surface area contributed by atoms with Gasteiger partial charge in [-0.05, 0) is 29.8 Å². The van der Waals surface area contributed by atoms with Crippen LogP contribution in [0.1, 0.15) is 15.9 Å². The van der Waals surface area contributed by atoms with Gasteiger partial charge in [0.15, 0.2) is 11.6 Å². The Labute approximate surface area is 151 Å². The number of amides is 1. The number of hydrogen-bond donors (Lipinski definition) is 1. The molecule has 0 atom stereocenters. The number of benzene rings is 2. The second-order valence-corrected chi connectivity index (χ2v) is 5.96. The molecule has 3 aromatic rings. The zero-order valence-corrected chi connectivity index (χ0v) is 14.4. The van der Waals surface area contributed by atoms with Crippen LogP contribution in [0.15, 0.2) is 66.7 Å². The molecule has 3 rings (SSSR count). The summed E-state index contributed by atoms with van der Waals surface area (Å²) in [5, 5.41) is 11.3. The first-order valence-corrected chi connectivity index (χ1v) is 8.16. The second-order valence-electron chi connectivity index (χ2n) is 5.55. The minimum atomic E-state index is -0.315. The van der Waals surface area contributed by atoms with Gasteiger partial charge in [-0.3, -0.25) is 4.79 Å². The lowest BCUT2D eigenvalue weighted by atomic mass is 10.2. The smallest absolute Gasteiger partial charge is 0.258 e. The average Bonchev–Trinajstić information content (AvgIpc) is 2.63. The molecule has 126 valence electrons. The zero-order chi connectivity index (χ0) is 17.6. The maximum Gasteiger partial charge on any atom is 0.258 e. The summed E-state index contributed by atoms with van der Waals surface area (Å²) in [5.74, 6) is 0.784. The maximum absolute atomic E-state index is 12.2. The van der Waals surface area contributed by atoms with Crippen molar-refractivity contribution in [3.63, 3.8) is 0 Å². The third-order valence-corrected chi connectivity index (χ3v) is 3.99. The first-order valence-electron chi connectivity index (χ1n) is 7.78. The summed E-state index contributed by atoms with van der Waals surface area (Å²) < 4.78 is 0. The first-order chi connectivity index (χ1) is 12.1. The van der Waals surface area contributed by atoms with Gasteiger partial charge in [-0.25, -0.2) is 0 Å². The number of nitrogens with zero attached hydrogens (tertiary/aromatic N) is 3. The molecule has 0 spiro atoms. The molecule has 0 unspecified atom stereocenters. The van der Waals surface area contributed by atoms with E-state index >= 15 is 0 Å². The highest BCUT2D eigenvalue weighted by Crippen LogP contribution is 2.17. The molecule has 0 aliphatic carbocycles. The molecule has 0 fully saturated rings. The highest BCUT2D eigenvalue weighted by Gasteiger charge is 2.11. The molecule has 1 amide bonds. The molecule has 5 nitrogen and oxygen atoms in total. The number of carbonyl (C=O) groups excluding carboxylic acids is 1. The Bertz CT molecular complexity index is 853. The number of hydrogen-bond acceptors (Lipinski definition) is 4. The summed E-state index contributed by atoms with van der Waals surface area (Å²) >= 11 is 6.03. The van der Waals surface area contributed by atoms with Crippen LogP contribution in [-0.2, 0) is 6.54 Å². The fourth-order valence-corrected chi connectivity index (χ4v) is 2.58. The Morgan fingerprint density at radius 3 is 2.40 bits per heavy atom. The van der Waals surface area contributed by atoms with Gasteiger partial charge in [0, 0.05) is 13.6 Å². The van der Waals surface area contributed by atoms with Crippen LogP contribution in [0.25, 0.3) is 0 Å². The number of nitrogens with one attached hydrogen (secondary N) is 1. The van der Waals surface area contributed by atoms with Crippen molar-refractivity contribution >= 4 is 29.1 Å². The largest absolute Gasteiger partial charge is 0.354 e. The summed E-state index contributed by atoms with van der Waals surface area (Å²) in [6, 6.07) is 20.5. The van der Waals surface area contributed by atoms with E-state index in [2.05, 4.69) is 27.6 Å². The topological polar surface area (TPSA) is 58.1 Å². The predicted octanol–water partition coefficient (Wildman–Crippen LogP) is 4.02. The van der Waals surface area contributed by atoms with Crippen LogP contribution in [0.3, 0.4) is 0 Å². The van der Waals surface area contributed by atoms with E-state index in [1.807, 2.05) is 36.2 Å². The molecule has 0 aliphatic rings. The molecule has 0 bridgehead atoms. The van der Waals surface area contributed by atoms with E-state index in [1.165, 1.54) is 5.56 Å². The number of carbonyl (C=O) groups is 1. The van der Waals surface area contributed by atoms with Crippen LogP contribution in [0.2, 0.25) is 5.02 Å². The minimum absolute atomic E-state index is 0.315. The van der Waals surface area contributed by atoms with Crippen LogP contribution in [-0.4, -0.2) is 23.2 Å². The Hall–Kier alpha value is -2.92. The summed E-state index contributed by atoms with van der Waals surface area (Å²) in [6.07, 6.45) is 0. The molecular formula is C19H17ClN4O. The van der Waals surface area contributed by atoms with Gasteiger partial charge >= 0.3 is 0 Å². The van der Waals surface area contributed by atoms with Crippen LogP contribution >= 0.6 is 11.6 Å².